The van der Waals surface area contributed by atoms with E-state index in [2.05, 4.69) is 35.3 Å². The minimum Gasteiger partial charge on any atom is -0.396 e. The van der Waals surface area contributed by atoms with Gasteiger partial charge in [0.1, 0.15) is 5.78 Å². The van der Waals surface area contributed by atoms with E-state index in [9.17, 15) is 9.90 Å². The molecular formula is C27H40N2O3. The van der Waals surface area contributed by atoms with Gasteiger partial charge in [0.15, 0.2) is 0 Å². The molecule has 3 aliphatic carbocycles. The predicted molar refractivity (Wildman–Crippen MR) is 127 cm³/mol. The third kappa shape index (κ3) is 4.12. The average molecular weight is 441 g/mol. The van der Waals surface area contributed by atoms with E-state index in [-0.39, 0.29) is 12.0 Å². The van der Waals surface area contributed by atoms with Gasteiger partial charge in [-0.25, -0.2) is 0 Å². The molecule has 1 aromatic rings. The number of aryl methyl sites for hydroxylation is 1. The van der Waals surface area contributed by atoms with Gasteiger partial charge in [0, 0.05) is 49.8 Å². The van der Waals surface area contributed by atoms with Gasteiger partial charge in [-0.15, -0.1) is 0 Å². The molecule has 5 rings (SSSR count). The lowest BCUT2D eigenvalue weighted by atomic mass is 9.55. The fourth-order valence-corrected chi connectivity index (χ4v) is 7.45. The van der Waals surface area contributed by atoms with Crippen LogP contribution in [0, 0.1) is 17.3 Å². The van der Waals surface area contributed by atoms with Crippen LogP contribution in [0.15, 0.2) is 18.2 Å². The number of anilines is 1. The third-order valence-electron chi connectivity index (χ3n) is 9.27. The van der Waals surface area contributed by atoms with Crippen LogP contribution in [-0.4, -0.2) is 61.3 Å². The molecule has 2 N–H and O–H groups in total. The van der Waals surface area contributed by atoms with Gasteiger partial charge in [0.25, 0.3) is 0 Å². The summed E-state index contributed by atoms with van der Waals surface area (Å²) in [6.07, 6.45) is 8.42. The number of hydrogen-bond donors (Lipinski definition) is 2. The maximum Gasteiger partial charge on any atom is 0.139 e. The summed E-state index contributed by atoms with van der Waals surface area (Å²) >= 11 is 0. The zero-order valence-electron chi connectivity index (χ0n) is 19.7. The maximum atomic E-state index is 12.6. The first kappa shape index (κ1) is 22.4. The van der Waals surface area contributed by atoms with Crippen LogP contribution < -0.4 is 5.32 Å². The van der Waals surface area contributed by atoms with Crippen molar-refractivity contribution in [2.45, 2.75) is 70.3 Å². The van der Waals surface area contributed by atoms with Crippen LogP contribution >= 0.6 is 0 Å². The van der Waals surface area contributed by atoms with Gasteiger partial charge in [-0.05, 0) is 86.0 Å². The largest absolute Gasteiger partial charge is 0.396 e. The van der Waals surface area contributed by atoms with Crippen molar-refractivity contribution in [3.05, 3.63) is 29.3 Å². The Labute approximate surface area is 192 Å². The van der Waals surface area contributed by atoms with Crippen LogP contribution in [0.4, 0.5) is 5.69 Å². The van der Waals surface area contributed by atoms with Crippen LogP contribution in [0.1, 0.15) is 68.9 Å². The lowest BCUT2D eigenvalue weighted by Crippen LogP contribution is -2.44. The molecule has 1 aliphatic heterocycles. The third-order valence-corrected chi connectivity index (χ3v) is 9.27. The number of benzene rings is 1. The van der Waals surface area contributed by atoms with Gasteiger partial charge in [-0.2, -0.15) is 0 Å². The highest BCUT2D eigenvalue weighted by Gasteiger charge is 2.54. The predicted octanol–water partition coefficient (Wildman–Crippen LogP) is 4.00. The molecule has 176 valence electrons. The SMILES string of the molecule is CC12CCC3c4ccc(NCCC(CCO)N5CCOCC5)cc4CCC3C1CCC2=O. The number of aliphatic hydroxyl groups is 1. The molecule has 1 saturated heterocycles. The number of nitrogens with one attached hydrogen (secondary N) is 1. The van der Waals surface area contributed by atoms with E-state index in [1.807, 2.05) is 0 Å². The smallest absolute Gasteiger partial charge is 0.139 e. The number of nitrogens with zero attached hydrogens (tertiary/aromatic N) is 1. The fourth-order valence-electron chi connectivity index (χ4n) is 7.45. The monoisotopic (exact) mass is 440 g/mol. The molecule has 3 fully saturated rings. The normalized spacial score (nSPS) is 33.3. The van der Waals surface area contributed by atoms with Gasteiger partial charge in [0.2, 0.25) is 0 Å². The minimum atomic E-state index is -0.0360. The van der Waals surface area contributed by atoms with Crippen molar-refractivity contribution in [1.29, 1.82) is 0 Å². The summed E-state index contributed by atoms with van der Waals surface area (Å²) in [6.45, 7) is 6.97. The van der Waals surface area contributed by atoms with E-state index in [0.717, 1.165) is 71.4 Å². The summed E-state index contributed by atoms with van der Waals surface area (Å²) in [7, 11) is 0. The number of fused-ring (bicyclic) bond motifs is 5. The Morgan fingerprint density at radius 1 is 1.19 bits per heavy atom. The van der Waals surface area contributed by atoms with Crippen LogP contribution in [-0.2, 0) is 16.0 Å². The zero-order chi connectivity index (χ0) is 22.1. The van der Waals surface area contributed by atoms with Crippen molar-refractivity contribution in [2.75, 3.05) is 44.8 Å². The summed E-state index contributed by atoms with van der Waals surface area (Å²) in [6, 6.07) is 7.45. The Morgan fingerprint density at radius 2 is 2.03 bits per heavy atom. The second-order valence-corrected chi connectivity index (χ2v) is 10.8. The number of carbonyl (C=O) groups is 1. The highest BCUT2D eigenvalue weighted by Crippen LogP contribution is 2.59. The second-order valence-electron chi connectivity index (χ2n) is 10.8. The first-order valence-corrected chi connectivity index (χ1v) is 12.9. The minimum absolute atomic E-state index is 0.0360. The summed E-state index contributed by atoms with van der Waals surface area (Å²) in [5.74, 6) is 2.47. The summed E-state index contributed by atoms with van der Waals surface area (Å²) in [4.78, 5) is 15.0. The van der Waals surface area contributed by atoms with Gasteiger partial charge < -0.3 is 15.2 Å². The average Bonchev–Trinajstić information content (AvgIpc) is 3.13. The standard InChI is InChI=1S/C27H40N2O3/c1-27-11-8-23-22-5-3-20(18-19(22)2-4-24(23)25(27)6-7-26(27)31)28-12-9-21(10-15-30)29-13-16-32-17-14-29/h3,5,18,21,23-25,28,30H,2,4,6-17H2,1H3. The van der Waals surface area contributed by atoms with Crippen LogP contribution in [0.5, 0.6) is 0 Å². The van der Waals surface area contributed by atoms with E-state index in [0.29, 0.717) is 29.6 Å². The molecule has 2 saturated carbocycles. The van der Waals surface area contributed by atoms with Crippen molar-refractivity contribution in [3.63, 3.8) is 0 Å². The van der Waals surface area contributed by atoms with Gasteiger partial charge in [0.05, 0.1) is 13.2 Å². The number of carbonyl (C=O) groups excluding carboxylic acids is 1. The molecule has 1 aromatic carbocycles. The molecule has 0 amide bonds. The maximum absolute atomic E-state index is 12.6. The Hall–Kier alpha value is -1.43. The van der Waals surface area contributed by atoms with Gasteiger partial charge in [-0.1, -0.05) is 13.0 Å². The summed E-state index contributed by atoms with van der Waals surface area (Å²) < 4.78 is 5.49. The summed E-state index contributed by atoms with van der Waals surface area (Å²) in [5, 5.41) is 13.2. The quantitative estimate of drug-likeness (QED) is 0.671. The van der Waals surface area contributed by atoms with Crippen LogP contribution in [0.2, 0.25) is 0 Å². The Kier molecular flexibility index (Phi) is 6.60. The molecule has 0 bridgehead atoms. The van der Waals surface area contributed by atoms with E-state index in [1.165, 1.54) is 24.1 Å². The molecule has 32 heavy (non-hydrogen) atoms. The Balaban J connectivity index is 1.21. The van der Waals surface area contributed by atoms with E-state index >= 15 is 0 Å². The topological polar surface area (TPSA) is 61.8 Å². The van der Waals surface area contributed by atoms with E-state index in [1.54, 1.807) is 5.56 Å². The number of ketones is 1. The highest BCUT2D eigenvalue weighted by molar-refractivity contribution is 5.87. The molecule has 0 aromatic heterocycles. The van der Waals surface area contributed by atoms with E-state index < -0.39 is 0 Å². The number of Topliss-reactive ketones (excluding diaryl/α,β-unsaturated/α-hetero) is 1. The molecule has 0 spiro atoms. The van der Waals surface area contributed by atoms with Gasteiger partial charge in [-0.3, -0.25) is 9.69 Å². The number of morpholine rings is 1. The Bertz CT molecular complexity index is 821. The fraction of sp³-hybridized carbons (Fsp3) is 0.741. The van der Waals surface area contributed by atoms with Crippen LogP contribution in [0.3, 0.4) is 0 Å². The van der Waals surface area contributed by atoms with Crippen molar-refractivity contribution in [1.82, 2.24) is 4.90 Å². The number of ether oxygens (including phenoxy) is 1. The number of rotatable bonds is 7. The molecule has 5 nitrogen and oxygen atoms in total. The first-order chi connectivity index (χ1) is 15.6. The molecule has 0 radical (unpaired) electrons. The van der Waals surface area contributed by atoms with Crippen molar-refractivity contribution in [2.24, 2.45) is 17.3 Å². The molecule has 5 unspecified atom stereocenters. The molecule has 1 heterocycles. The number of aliphatic hydroxyl groups excluding tert-OH is 1. The molecular weight excluding hydrogens is 400 g/mol. The number of hydrogen-bond acceptors (Lipinski definition) is 5. The first-order valence-electron chi connectivity index (χ1n) is 12.9. The van der Waals surface area contributed by atoms with Crippen molar-refractivity contribution >= 4 is 11.5 Å². The van der Waals surface area contributed by atoms with Crippen molar-refractivity contribution in [3.8, 4) is 0 Å². The molecule has 5 heteroatoms. The van der Waals surface area contributed by atoms with Crippen LogP contribution in [0.25, 0.3) is 0 Å². The van der Waals surface area contributed by atoms with Gasteiger partial charge >= 0.3 is 0 Å². The summed E-state index contributed by atoms with van der Waals surface area (Å²) in [5.41, 5.74) is 4.26. The van der Waals surface area contributed by atoms with E-state index in [4.69, 9.17) is 4.74 Å². The lowest BCUT2D eigenvalue weighted by molar-refractivity contribution is -0.129. The molecule has 5 atom stereocenters. The molecule has 4 aliphatic rings. The second kappa shape index (κ2) is 9.44. The Morgan fingerprint density at radius 3 is 2.84 bits per heavy atom. The lowest BCUT2D eigenvalue weighted by Gasteiger charge is -2.48. The van der Waals surface area contributed by atoms with Crippen molar-refractivity contribution < 1.29 is 14.6 Å². The zero-order valence-corrected chi connectivity index (χ0v) is 19.7. The highest BCUT2D eigenvalue weighted by atomic mass is 16.5.